The van der Waals surface area contributed by atoms with E-state index in [0.717, 1.165) is 17.0 Å². The van der Waals surface area contributed by atoms with E-state index in [2.05, 4.69) is 0 Å². The number of nitrogens with two attached hydrogens (primary N) is 1. The van der Waals surface area contributed by atoms with Crippen LogP contribution in [0.1, 0.15) is 24.0 Å². The Morgan fingerprint density at radius 3 is 2.56 bits per heavy atom. The van der Waals surface area contributed by atoms with Crippen LogP contribution >= 0.6 is 0 Å². The van der Waals surface area contributed by atoms with Gasteiger partial charge in [-0.1, -0.05) is 13.0 Å². The van der Waals surface area contributed by atoms with Gasteiger partial charge in [-0.2, -0.15) is 13.2 Å². The predicted molar refractivity (Wildman–Crippen MR) is 65.4 cm³/mol. The fourth-order valence-corrected chi connectivity index (χ4v) is 2.11. The summed E-state index contributed by atoms with van der Waals surface area (Å²) in [4.78, 5) is 0. The maximum absolute atomic E-state index is 12.6. The van der Waals surface area contributed by atoms with Gasteiger partial charge in [0.2, 0.25) is 0 Å². The Labute approximate surface area is 103 Å². The second kappa shape index (κ2) is 4.31. The lowest BCUT2D eigenvalue weighted by Gasteiger charge is -2.08. The largest absolute Gasteiger partial charge is 0.416 e. The van der Waals surface area contributed by atoms with Crippen molar-refractivity contribution in [3.63, 3.8) is 0 Å². The molecule has 2 N–H and O–H groups in total. The number of hydrogen-bond acceptors (Lipinski definition) is 1. The predicted octanol–water partition coefficient (Wildman–Crippen LogP) is 3.26. The average Bonchev–Trinajstić information content (AvgIpc) is 2.64. The molecule has 98 valence electrons. The van der Waals surface area contributed by atoms with Gasteiger partial charge in [0.15, 0.2) is 0 Å². The number of fused-ring (bicyclic) bond motifs is 1. The third kappa shape index (κ3) is 2.10. The highest BCUT2D eigenvalue weighted by Crippen LogP contribution is 2.34. The number of alkyl halides is 3. The van der Waals surface area contributed by atoms with E-state index in [0.29, 0.717) is 12.1 Å². The molecule has 0 aliphatic rings. The van der Waals surface area contributed by atoms with E-state index >= 15 is 0 Å². The quantitative estimate of drug-likeness (QED) is 0.878. The first-order valence-electron chi connectivity index (χ1n) is 5.71. The normalized spacial score (nSPS) is 14.1. The minimum Gasteiger partial charge on any atom is -0.350 e. The molecule has 1 aromatic heterocycles. The van der Waals surface area contributed by atoms with Gasteiger partial charge >= 0.3 is 6.18 Å². The molecule has 1 aromatic carbocycles. The lowest BCUT2D eigenvalue weighted by Crippen LogP contribution is -2.08. The van der Waals surface area contributed by atoms with Gasteiger partial charge < -0.3 is 10.3 Å². The molecule has 1 heterocycles. The van der Waals surface area contributed by atoms with Crippen molar-refractivity contribution in [2.75, 3.05) is 6.54 Å². The minimum atomic E-state index is -4.31. The fraction of sp³-hybridized carbons (Fsp3) is 0.385. The number of halogens is 3. The number of benzene rings is 1. The highest BCUT2D eigenvalue weighted by molar-refractivity contribution is 5.85. The van der Waals surface area contributed by atoms with Gasteiger partial charge in [-0.25, -0.2) is 0 Å². The summed E-state index contributed by atoms with van der Waals surface area (Å²) in [6, 6.07) is 3.83. The van der Waals surface area contributed by atoms with E-state index in [1.54, 1.807) is 11.6 Å². The average molecular weight is 256 g/mol. The van der Waals surface area contributed by atoms with E-state index in [1.165, 1.54) is 12.1 Å². The van der Waals surface area contributed by atoms with Gasteiger partial charge in [-0.3, -0.25) is 0 Å². The first kappa shape index (κ1) is 13.0. The molecule has 18 heavy (non-hydrogen) atoms. The van der Waals surface area contributed by atoms with Crippen LogP contribution in [0.5, 0.6) is 0 Å². The standard InChI is InChI=1S/C13H15F3N2/c1-8(6-17)11-7-18(2)12-5-9(13(14,15)16)3-4-10(11)12/h3-5,7-8H,6,17H2,1-2H3. The molecule has 0 fully saturated rings. The Morgan fingerprint density at radius 2 is 2.00 bits per heavy atom. The van der Waals surface area contributed by atoms with Gasteiger partial charge in [0.25, 0.3) is 0 Å². The zero-order chi connectivity index (χ0) is 13.5. The van der Waals surface area contributed by atoms with E-state index in [9.17, 15) is 13.2 Å². The van der Waals surface area contributed by atoms with Crippen molar-refractivity contribution in [2.24, 2.45) is 12.8 Å². The third-order valence-corrected chi connectivity index (χ3v) is 3.23. The van der Waals surface area contributed by atoms with E-state index in [1.807, 2.05) is 13.1 Å². The Hall–Kier alpha value is -1.49. The van der Waals surface area contributed by atoms with Crippen LogP contribution in [0.15, 0.2) is 24.4 Å². The number of nitrogens with zero attached hydrogens (tertiary/aromatic N) is 1. The fourth-order valence-electron chi connectivity index (χ4n) is 2.11. The maximum atomic E-state index is 12.6. The third-order valence-electron chi connectivity index (χ3n) is 3.23. The van der Waals surface area contributed by atoms with Crippen LogP contribution < -0.4 is 5.73 Å². The zero-order valence-corrected chi connectivity index (χ0v) is 10.3. The van der Waals surface area contributed by atoms with Crippen LogP contribution in [0, 0.1) is 0 Å². The molecule has 0 spiro atoms. The van der Waals surface area contributed by atoms with Crippen LogP contribution in [0.4, 0.5) is 13.2 Å². The van der Waals surface area contributed by atoms with Gasteiger partial charge in [0.05, 0.1) is 5.56 Å². The summed E-state index contributed by atoms with van der Waals surface area (Å²) in [7, 11) is 1.75. The van der Waals surface area contributed by atoms with Crippen molar-refractivity contribution in [1.82, 2.24) is 4.57 Å². The van der Waals surface area contributed by atoms with Crippen LogP contribution in [0.2, 0.25) is 0 Å². The first-order valence-corrected chi connectivity index (χ1v) is 5.71. The molecule has 0 radical (unpaired) electrons. The van der Waals surface area contributed by atoms with Crippen molar-refractivity contribution in [1.29, 1.82) is 0 Å². The minimum absolute atomic E-state index is 0.130. The first-order chi connectivity index (χ1) is 8.34. The number of aromatic nitrogens is 1. The highest BCUT2D eigenvalue weighted by Gasteiger charge is 2.31. The summed E-state index contributed by atoms with van der Waals surface area (Å²) in [5.74, 6) is 0.130. The van der Waals surface area contributed by atoms with Crippen LogP contribution in [-0.4, -0.2) is 11.1 Å². The van der Waals surface area contributed by atoms with Gasteiger partial charge in [-0.15, -0.1) is 0 Å². The van der Waals surface area contributed by atoms with Crippen LogP contribution in [0.3, 0.4) is 0 Å². The van der Waals surface area contributed by atoms with Crippen molar-refractivity contribution in [2.45, 2.75) is 19.0 Å². The van der Waals surface area contributed by atoms with E-state index < -0.39 is 11.7 Å². The Morgan fingerprint density at radius 1 is 1.33 bits per heavy atom. The SMILES string of the molecule is CC(CN)c1cn(C)c2cc(C(F)(F)F)ccc12. The maximum Gasteiger partial charge on any atom is 0.416 e. The molecule has 0 aliphatic heterocycles. The molecule has 2 aromatic rings. The molecule has 0 bridgehead atoms. The van der Waals surface area contributed by atoms with Crippen molar-refractivity contribution >= 4 is 10.9 Å². The van der Waals surface area contributed by atoms with E-state index in [4.69, 9.17) is 5.73 Å². The summed E-state index contributed by atoms with van der Waals surface area (Å²) < 4.78 is 39.7. The summed E-state index contributed by atoms with van der Waals surface area (Å²) in [5.41, 5.74) is 6.57. The van der Waals surface area contributed by atoms with Crippen LogP contribution in [-0.2, 0) is 13.2 Å². The van der Waals surface area contributed by atoms with Crippen molar-refractivity contribution in [3.8, 4) is 0 Å². The van der Waals surface area contributed by atoms with Crippen molar-refractivity contribution < 1.29 is 13.2 Å². The molecular formula is C13H15F3N2. The smallest absolute Gasteiger partial charge is 0.350 e. The summed E-state index contributed by atoms with van der Waals surface area (Å²) >= 11 is 0. The summed E-state index contributed by atoms with van der Waals surface area (Å²) in [6.07, 6.45) is -2.46. The van der Waals surface area contributed by atoms with E-state index in [-0.39, 0.29) is 5.92 Å². The summed E-state index contributed by atoms with van der Waals surface area (Å²) in [5, 5.41) is 0.837. The number of aryl methyl sites for hydroxylation is 1. The van der Waals surface area contributed by atoms with Crippen molar-refractivity contribution in [3.05, 3.63) is 35.5 Å². The molecule has 2 nitrogen and oxygen atoms in total. The number of rotatable bonds is 2. The second-order valence-corrected chi connectivity index (χ2v) is 4.56. The van der Waals surface area contributed by atoms with Gasteiger partial charge in [-0.05, 0) is 30.2 Å². The van der Waals surface area contributed by atoms with Crippen LogP contribution in [0.25, 0.3) is 10.9 Å². The second-order valence-electron chi connectivity index (χ2n) is 4.56. The van der Waals surface area contributed by atoms with Gasteiger partial charge in [0, 0.05) is 24.1 Å². The molecule has 0 saturated carbocycles. The lowest BCUT2D eigenvalue weighted by molar-refractivity contribution is -0.137. The molecule has 2 rings (SSSR count). The Kier molecular flexibility index (Phi) is 3.11. The highest BCUT2D eigenvalue weighted by atomic mass is 19.4. The molecule has 1 unspecified atom stereocenters. The molecule has 0 amide bonds. The molecule has 0 aliphatic carbocycles. The lowest BCUT2D eigenvalue weighted by atomic mass is 10.00. The molecule has 5 heteroatoms. The molecule has 0 saturated heterocycles. The zero-order valence-electron chi connectivity index (χ0n) is 10.3. The monoisotopic (exact) mass is 256 g/mol. The van der Waals surface area contributed by atoms with Gasteiger partial charge in [0.1, 0.15) is 0 Å². The molecule has 1 atom stereocenters. The number of hydrogen-bond donors (Lipinski definition) is 1. The Balaban J connectivity index is 2.63. The molecular weight excluding hydrogens is 241 g/mol. The summed E-state index contributed by atoms with van der Waals surface area (Å²) in [6.45, 7) is 2.44. The Bertz CT molecular complexity index is 569. The topological polar surface area (TPSA) is 30.9 Å².